The first-order valence-electron chi connectivity index (χ1n) is 5.75. The highest BCUT2D eigenvalue weighted by Gasteiger charge is 2.45. The molecular weight excluding hydrogens is 176 g/mol. The largest absolute Gasteiger partial charge is 0.380 e. The lowest BCUT2D eigenvalue weighted by Gasteiger charge is -2.41. The monoisotopic (exact) mass is 198 g/mol. The Morgan fingerprint density at radius 3 is 2.86 bits per heavy atom. The Balaban J connectivity index is 2.07. The molecule has 3 heteroatoms. The number of ether oxygens (including phenoxy) is 1. The molecule has 3 atom stereocenters. The third-order valence-corrected chi connectivity index (χ3v) is 3.99. The van der Waals surface area contributed by atoms with Crippen LogP contribution in [-0.4, -0.2) is 38.9 Å². The quantitative estimate of drug-likeness (QED) is 0.687. The summed E-state index contributed by atoms with van der Waals surface area (Å²) in [6.45, 7) is 5.69. The van der Waals surface area contributed by atoms with Crippen LogP contribution in [0.5, 0.6) is 0 Å². The van der Waals surface area contributed by atoms with Gasteiger partial charge in [0.15, 0.2) is 0 Å². The van der Waals surface area contributed by atoms with Crippen molar-refractivity contribution in [3.8, 4) is 0 Å². The van der Waals surface area contributed by atoms with Gasteiger partial charge < -0.3 is 15.4 Å². The molecule has 1 spiro atoms. The van der Waals surface area contributed by atoms with E-state index in [2.05, 4.69) is 17.6 Å². The highest BCUT2D eigenvalue weighted by molar-refractivity contribution is 5.02. The molecule has 0 bridgehead atoms. The van der Waals surface area contributed by atoms with E-state index in [1.807, 2.05) is 7.11 Å². The number of hydrogen-bond donors (Lipinski definition) is 2. The molecule has 0 amide bonds. The predicted octanol–water partition coefficient (Wildman–Crippen LogP) is 0.753. The molecule has 2 aliphatic heterocycles. The van der Waals surface area contributed by atoms with Crippen molar-refractivity contribution in [3.63, 3.8) is 0 Å². The van der Waals surface area contributed by atoms with Gasteiger partial charge in [0.2, 0.25) is 0 Å². The van der Waals surface area contributed by atoms with Gasteiger partial charge in [-0.2, -0.15) is 0 Å². The number of piperidine rings is 1. The molecular formula is C11H22N2O. The number of nitrogens with one attached hydrogen (secondary N) is 2. The molecule has 2 fully saturated rings. The lowest BCUT2D eigenvalue weighted by Crippen LogP contribution is -2.52. The van der Waals surface area contributed by atoms with Crippen LogP contribution in [0.4, 0.5) is 0 Å². The minimum Gasteiger partial charge on any atom is -0.380 e. The summed E-state index contributed by atoms with van der Waals surface area (Å²) < 4.78 is 5.47. The van der Waals surface area contributed by atoms with Gasteiger partial charge >= 0.3 is 0 Å². The number of rotatable bonds is 2. The second-order valence-electron chi connectivity index (χ2n) is 4.77. The topological polar surface area (TPSA) is 33.3 Å². The first-order chi connectivity index (χ1) is 6.78. The van der Waals surface area contributed by atoms with Gasteiger partial charge in [0, 0.05) is 25.1 Å². The summed E-state index contributed by atoms with van der Waals surface area (Å²) in [5.74, 6) is 0. The molecule has 0 aromatic carbocycles. The zero-order valence-corrected chi connectivity index (χ0v) is 9.31. The molecule has 2 heterocycles. The Hall–Kier alpha value is -0.120. The van der Waals surface area contributed by atoms with Gasteiger partial charge in [0.25, 0.3) is 0 Å². The number of hydrogen-bond acceptors (Lipinski definition) is 3. The van der Waals surface area contributed by atoms with Crippen molar-refractivity contribution in [2.45, 2.75) is 38.3 Å². The lowest BCUT2D eigenvalue weighted by molar-refractivity contribution is 0.0336. The maximum atomic E-state index is 5.47. The molecule has 2 rings (SSSR count). The van der Waals surface area contributed by atoms with Crippen molar-refractivity contribution >= 4 is 0 Å². The van der Waals surface area contributed by atoms with Gasteiger partial charge in [-0.1, -0.05) is 0 Å². The van der Waals surface area contributed by atoms with E-state index in [4.69, 9.17) is 4.74 Å². The van der Waals surface area contributed by atoms with Gasteiger partial charge in [-0.15, -0.1) is 0 Å². The Labute approximate surface area is 86.6 Å². The van der Waals surface area contributed by atoms with Crippen LogP contribution in [0.3, 0.4) is 0 Å². The van der Waals surface area contributed by atoms with Crippen LogP contribution >= 0.6 is 0 Å². The molecule has 0 saturated carbocycles. The Morgan fingerprint density at radius 1 is 1.36 bits per heavy atom. The third kappa shape index (κ3) is 1.69. The second kappa shape index (κ2) is 4.17. The molecule has 14 heavy (non-hydrogen) atoms. The van der Waals surface area contributed by atoms with Crippen LogP contribution in [0, 0.1) is 5.41 Å². The summed E-state index contributed by atoms with van der Waals surface area (Å²) in [5.41, 5.74) is 0.466. The summed E-state index contributed by atoms with van der Waals surface area (Å²) in [4.78, 5) is 0. The maximum Gasteiger partial charge on any atom is 0.0702 e. The fourth-order valence-electron chi connectivity index (χ4n) is 3.12. The molecule has 2 N–H and O–H groups in total. The molecule has 2 saturated heterocycles. The van der Waals surface area contributed by atoms with Crippen molar-refractivity contribution < 1.29 is 4.74 Å². The maximum absolute atomic E-state index is 5.47. The first kappa shape index (κ1) is 10.4. The van der Waals surface area contributed by atoms with E-state index in [1.165, 1.54) is 32.4 Å². The lowest BCUT2D eigenvalue weighted by atomic mass is 9.73. The molecule has 3 nitrogen and oxygen atoms in total. The molecule has 2 aliphatic rings. The molecule has 3 unspecified atom stereocenters. The van der Waals surface area contributed by atoms with Crippen LogP contribution in [0.1, 0.15) is 26.2 Å². The fourth-order valence-corrected chi connectivity index (χ4v) is 3.12. The van der Waals surface area contributed by atoms with Gasteiger partial charge in [0.1, 0.15) is 0 Å². The highest BCUT2D eigenvalue weighted by Crippen LogP contribution is 2.39. The zero-order chi connectivity index (χ0) is 10.0. The first-order valence-corrected chi connectivity index (χ1v) is 5.75. The Kier molecular flexibility index (Phi) is 3.10. The van der Waals surface area contributed by atoms with E-state index in [9.17, 15) is 0 Å². The molecule has 0 aromatic heterocycles. The van der Waals surface area contributed by atoms with E-state index >= 15 is 0 Å². The summed E-state index contributed by atoms with van der Waals surface area (Å²) >= 11 is 0. The molecule has 0 aromatic rings. The van der Waals surface area contributed by atoms with Gasteiger partial charge in [0.05, 0.1) is 6.10 Å². The van der Waals surface area contributed by atoms with Gasteiger partial charge in [-0.25, -0.2) is 0 Å². The smallest absolute Gasteiger partial charge is 0.0702 e. The fraction of sp³-hybridized carbons (Fsp3) is 1.00. The summed E-state index contributed by atoms with van der Waals surface area (Å²) in [6, 6.07) is 0.542. The van der Waals surface area contributed by atoms with Crippen LogP contribution in [0.2, 0.25) is 0 Å². The minimum atomic E-state index is 0.331. The average molecular weight is 198 g/mol. The molecule has 0 aliphatic carbocycles. The Morgan fingerprint density at radius 2 is 2.21 bits per heavy atom. The van der Waals surface area contributed by atoms with Crippen LogP contribution in [0.15, 0.2) is 0 Å². The van der Waals surface area contributed by atoms with Crippen LogP contribution in [-0.2, 0) is 4.74 Å². The second-order valence-corrected chi connectivity index (χ2v) is 4.77. The van der Waals surface area contributed by atoms with Crippen molar-refractivity contribution in [1.82, 2.24) is 10.6 Å². The minimum absolute atomic E-state index is 0.331. The van der Waals surface area contributed by atoms with E-state index in [0.717, 1.165) is 6.54 Å². The van der Waals surface area contributed by atoms with Crippen molar-refractivity contribution in [3.05, 3.63) is 0 Å². The van der Waals surface area contributed by atoms with Gasteiger partial charge in [-0.05, 0) is 39.3 Å². The van der Waals surface area contributed by atoms with E-state index in [0.29, 0.717) is 17.6 Å². The normalized spacial score (nSPS) is 40.3. The summed E-state index contributed by atoms with van der Waals surface area (Å²) in [6.07, 6.45) is 4.30. The summed E-state index contributed by atoms with van der Waals surface area (Å²) in [7, 11) is 1.81. The SMILES string of the molecule is COC(C)C1NCCC12CCCNC2. The molecule has 82 valence electrons. The van der Waals surface area contributed by atoms with Crippen molar-refractivity contribution in [2.75, 3.05) is 26.7 Å². The van der Waals surface area contributed by atoms with Gasteiger partial charge in [-0.3, -0.25) is 0 Å². The zero-order valence-electron chi connectivity index (χ0n) is 9.31. The molecule has 0 radical (unpaired) electrons. The van der Waals surface area contributed by atoms with E-state index in [1.54, 1.807) is 0 Å². The standard InChI is InChI=1S/C11H22N2O/c1-9(14-2)10-11(5-7-13-10)4-3-6-12-8-11/h9-10,12-13H,3-8H2,1-2H3. The van der Waals surface area contributed by atoms with Crippen LogP contribution in [0.25, 0.3) is 0 Å². The average Bonchev–Trinajstić information content (AvgIpc) is 2.62. The predicted molar refractivity (Wildman–Crippen MR) is 57.4 cm³/mol. The highest BCUT2D eigenvalue weighted by atomic mass is 16.5. The van der Waals surface area contributed by atoms with Crippen LogP contribution < -0.4 is 10.6 Å². The van der Waals surface area contributed by atoms with Crippen molar-refractivity contribution in [2.24, 2.45) is 5.41 Å². The number of methoxy groups -OCH3 is 1. The van der Waals surface area contributed by atoms with Crippen molar-refractivity contribution in [1.29, 1.82) is 0 Å². The van der Waals surface area contributed by atoms with E-state index in [-0.39, 0.29) is 0 Å². The Bertz CT molecular complexity index is 190. The van der Waals surface area contributed by atoms with E-state index < -0.39 is 0 Å². The summed E-state index contributed by atoms with van der Waals surface area (Å²) in [5, 5.41) is 7.13. The third-order valence-electron chi connectivity index (χ3n) is 3.99.